The lowest BCUT2D eigenvalue weighted by atomic mass is 10.2. The minimum Gasteiger partial charge on any atom is -0.478 e. The molecule has 6 heteroatoms. The first kappa shape index (κ1) is 8.49. The average molecular weight is 196 g/mol. The van der Waals surface area contributed by atoms with Gasteiger partial charge < -0.3 is 15.1 Å². The van der Waals surface area contributed by atoms with Crippen LogP contribution in [0.15, 0.2) is 16.9 Å². The molecule has 1 heterocycles. The van der Waals surface area contributed by atoms with Crippen molar-refractivity contribution in [3.8, 4) is 0 Å². The number of carboxylic acids is 1. The van der Waals surface area contributed by atoms with E-state index in [0.29, 0.717) is 0 Å². The van der Waals surface area contributed by atoms with Crippen LogP contribution in [0.4, 0.5) is 4.39 Å². The molecule has 14 heavy (non-hydrogen) atoms. The highest BCUT2D eigenvalue weighted by Gasteiger charge is 2.12. The van der Waals surface area contributed by atoms with Gasteiger partial charge >= 0.3 is 11.7 Å². The molecule has 0 bridgehead atoms. The summed E-state index contributed by atoms with van der Waals surface area (Å²) >= 11 is 0. The summed E-state index contributed by atoms with van der Waals surface area (Å²) in [5.41, 5.74) is -0.581. The topological polar surface area (TPSA) is 85.9 Å². The highest BCUT2D eigenvalue weighted by Crippen LogP contribution is 2.15. The highest BCUT2D eigenvalue weighted by atomic mass is 19.1. The first-order chi connectivity index (χ1) is 6.58. The van der Waals surface area contributed by atoms with Crippen LogP contribution >= 0.6 is 0 Å². The van der Waals surface area contributed by atoms with Crippen molar-refractivity contribution in [3.05, 3.63) is 34.0 Å². The minimum absolute atomic E-state index is 0.101. The van der Waals surface area contributed by atoms with Gasteiger partial charge in [-0.15, -0.1) is 0 Å². The lowest BCUT2D eigenvalue weighted by Crippen LogP contribution is -2.01. The number of halogens is 1. The molecule has 5 nitrogen and oxygen atoms in total. The first-order valence-electron chi connectivity index (χ1n) is 3.73. The molecule has 1 aromatic carbocycles. The largest absolute Gasteiger partial charge is 0.478 e. The van der Waals surface area contributed by atoms with E-state index in [1.807, 2.05) is 0 Å². The van der Waals surface area contributed by atoms with Crippen molar-refractivity contribution in [2.45, 2.75) is 0 Å². The maximum atomic E-state index is 12.9. The fourth-order valence-electron chi connectivity index (χ4n) is 1.28. The van der Waals surface area contributed by atoms with Crippen molar-refractivity contribution in [1.82, 2.24) is 9.97 Å². The molecular formula is C8H5FN2O3. The smallest absolute Gasteiger partial charge is 0.338 e. The third kappa shape index (κ3) is 1.17. The Morgan fingerprint density at radius 3 is 2.71 bits per heavy atom. The van der Waals surface area contributed by atoms with E-state index in [9.17, 15) is 14.0 Å². The maximum Gasteiger partial charge on any atom is 0.338 e. The van der Waals surface area contributed by atoms with Crippen LogP contribution in [0, 0.1) is 5.82 Å². The Kier molecular flexibility index (Phi) is 1.63. The molecule has 3 N–H and O–H groups in total. The molecule has 72 valence electrons. The van der Waals surface area contributed by atoms with Crippen LogP contribution in [0.25, 0.3) is 11.0 Å². The van der Waals surface area contributed by atoms with Gasteiger partial charge in [0.05, 0.1) is 16.6 Å². The first-order valence-corrected chi connectivity index (χ1v) is 3.73. The summed E-state index contributed by atoms with van der Waals surface area (Å²) in [7, 11) is 0. The molecule has 0 saturated carbocycles. The van der Waals surface area contributed by atoms with Crippen LogP contribution in [0.5, 0.6) is 0 Å². The zero-order valence-electron chi connectivity index (χ0n) is 6.80. The normalized spacial score (nSPS) is 10.6. The Bertz CT molecular complexity index is 569. The van der Waals surface area contributed by atoms with Crippen molar-refractivity contribution in [2.75, 3.05) is 0 Å². The number of carboxylic acid groups (broad SMARTS) is 1. The van der Waals surface area contributed by atoms with Gasteiger partial charge in [-0.3, -0.25) is 0 Å². The third-order valence-corrected chi connectivity index (χ3v) is 1.82. The monoisotopic (exact) mass is 196 g/mol. The number of aromatic carboxylic acids is 1. The standard InChI is InChI=1S/C8H5FN2O3/c9-3-1-4(7(12)13)6-5(2-3)10-8(14)11-6/h1-2H,(H,12,13)(H2,10,11,14). The molecule has 0 aliphatic carbocycles. The second-order valence-electron chi connectivity index (χ2n) is 2.76. The number of hydrogen-bond acceptors (Lipinski definition) is 2. The number of nitrogens with one attached hydrogen (secondary N) is 2. The quantitative estimate of drug-likeness (QED) is 0.627. The van der Waals surface area contributed by atoms with E-state index in [0.717, 1.165) is 12.1 Å². The zero-order chi connectivity index (χ0) is 10.3. The van der Waals surface area contributed by atoms with E-state index in [4.69, 9.17) is 5.11 Å². The molecule has 0 radical (unpaired) electrons. The Morgan fingerprint density at radius 2 is 2.07 bits per heavy atom. The third-order valence-electron chi connectivity index (χ3n) is 1.82. The second kappa shape index (κ2) is 2.69. The summed E-state index contributed by atoms with van der Waals surface area (Å²) in [6.45, 7) is 0. The number of fused-ring (bicyclic) bond motifs is 1. The van der Waals surface area contributed by atoms with Gasteiger partial charge in [0.2, 0.25) is 0 Å². The molecule has 0 unspecified atom stereocenters. The van der Waals surface area contributed by atoms with Crippen LogP contribution in [-0.4, -0.2) is 21.0 Å². The van der Waals surface area contributed by atoms with Gasteiger partial charge in [-0.05, 0) is 12.1 Å². The predicted octanol–water partition coefficient (Wildman–Crippen LogP) is 0.694. The fraction of sp³-hybridized carbons (Fsp3) is 0. The molecule has 2 rings (SSSR count). The molecule has 2 aromatic rings. The molecule has 0 saturated heterocycles. The van der Waals surface area contributed by atoms with Crippen molar-refractivity contribution in [1.29, 1.82) is 0 Å². The zero-order valence-corrected chi connectivity index (χ0v) is 6.80. The minimum atomic E-state index is -1.29. The van der Waals surface area contributed by atoms with Gasteiger partial charge in [0.25, 0.3) is 0 Å². The summed E-state index contributed by atoms with van der Waals surface area (Å²) in [5.74, 6) is -1.99. The van der Waals surface area contributed by atoms with Crippen molar-refractivity contribution in [2.24, 2.45) is 0 Å². The number of rotatable bonds is 1. The lowest BCUT2D eigenvalue weighted by molar-refractivity contribution is 0.0698. The van der Waals surface area contributed by atoms with Gasteiger partial charge in [0.15, 0.2) is 0 Å². The van der Waals surface area contributed by atoms with Gasteiger partial charge in [0.1, 0.15) is 5.82 Å². The van der Waals surface area contributed by atoms with Crippen LogP contribution in [-0.2, 0) is 0 Å². The molecule has 0 aliphatic heterocycles. The Balaban J connectivity index is 2.92. The molecule has 0 atom stereocenters. The van der Waals surface area contributed by atoms with Crippen molar-refractivity contribution < 1.29 is 14.3 Å². The summed E-state index contributed by atoms with van der Waals surface area (Å²) in [6, 6.07) is 1.91. The SMILES string of the molecule is O=C(O)c1cc(F)cc2[nH]c(=O)[nH]c12. The number of benzene rings is 1. The molecule has 1 aromatic heterocycles. The van der Waals surface area contributed by atoms with E-state index in [1.165, 1.54) is 0 Å². The number of H-pyrrole nitrogens is 2. The summed E-state index contributed by atoms with van der Waals surface area (Å²) in [4.78, 5) is 26.1. The molecular weight excluding hydrogens is 191 g/mol. The Hall–Kier alpha value is -2.11. The van der Waals surface area contributed by atoms with E-state index >= 15 is 0 Å². The van der Waals surface area contributed by atoms with E-state index in [-0.39, 0.29) is 16.6 Å². The summed E-state index contributed by atoms with van der Waals surface area (Å²) in [5, 5.41) is 8.71. The molecule has 0 spiro atoms. The number of imidazole rings is 1. The Morgan fingerprint density at radius 1 is 1.36 bits per heavy atom. The summed E-state index contributed by atoms with van der Waals surface area (Å²) in [6.07, 6.45) is 0. The van der Waals surface area contributed by atoms with Crippen molar-refractivity contribution >= 4 is 17.0 Å². The van der Waals surface area contributed by atoms with Crippen LogP contribution in [0.3, 0.4) is 0 Å². The van der Waals surface area contributed by atoms with Gasteiger partial charge in [-0.25, -0.2) is 14.0 Å². The highest BCUT2D eigenvalue weighted by molar-refractivity contribution is 6.00. The number of aromatic nitrogens is 2. The van der Waals surface area contributed by atoms with Crippen molar-refractivity contribution in [3.63, 3.8) is 0 Å². The Labute approximate surface area is 76.2 Å². The molecule has 0 fully saturated rings. The predicted molar refractivity (Wildman–Crippen MR) is 45.8 cm³/mol. The number of aromatic amines is 2. The van der Waals surface area contributed by atoms with Crippen LogP contribution in [0.2, 0.25) is 0 Å². The maximum absolute atomic E-state index is 12.9. The lowest BCUT2D eigenvalue weighted by Gasteiger charge is -1.96. The second-order valence-corrected chi connectivity index (χ2v) is 2.76. The van der Waals surface area contributed by atoms with Gasteiger partial charge in [0, 0.05) is 0 Å². The molecule has 0 amide bonds. The van der Waals surface area contributed by atoms with Gasteiger partial charge in [-0.2, -0.15) is 0 Å². The number of carbonyl (C=O) groups is 1. The van der Waals surface area contributed by atoms with E-state index in [2.05, 4.69) is 9.97 Å². The summed E-state index contributed by atoms with van der Waals surface area (Å²) < 4.78 is 12.9. The average Bonchev–Trinajstić information content (AvgIpc) is 2.42. The number of hydrogen-bond donors (Lipinski definition) is 3. The molecule has 0 aliphatic rings. The van der Waals surface area contributed by atoms with E-state index < -0.39 is 17.5 Å². The van der Waals surface area contributed by atoms with Gasteiger partial charge in [-0.1, -0.05) is 0 Å². The van der Waals surface area contributed by atoms with Crippen LogP contribution in [0.1, 0.15) is 10.4 Å². The van der Waals surface area contributed by atoms with Crippen LogP contribution < -0.4 is 5.69 Å². The van der Waals surface area contributed by atoms with E-state index in [1.54, 1.807) is 0 Å². The fourth-order valence-corrected chi connectivity index (χ4v) is 1.28.